The van der Waals surface area contributed by atoms with Crippen LogP contribution in [0.4, 0.5) is 0 Å². The lowest BCUT2D eigenvalue weighted by Crippen LogP contribution is -2.34. The predicted octanol–water partition coefficient (Wildman–Crippen LogP) is 5.00. The van der Waals surface area contributed by atoms with E-state index in [4.69, 9.17) is 0 Å². The molecule has 0 aliphatic rings. The van der Waals surface area contributed by atoms with Gasteiger partial charge in [0, 0.05) is 16.6 Å². The van der Waals surface area contributed by atoms with Gasteiger partial charge in [-0.25, -0.2) is 0 Å². The lowest BCUT2D eigenvalue weighted by atomic mass is 10.0. The van der Waals surface area contributed by atoms with Crippen molar-refractivity contribution >= 4 is 15.9 Å². The van der Waals surface area contributed by atoms with E-state index in [1.807, 2.05) is 0 Å². The summed E-state index contributed by atoms with van der Waals surface area (Å²) in [5, 5.41) is 3.70. The maximum Gasteiger partial charge on any atom is 0.0332 e. The van der Waals surface area contributed by atoms with E-state index in [9.17, 15) is 0 Å². The van der Waals surface area contributed by atoms with Gasteiger partial charge in [0.05, 0.1) is 0 Å². The monoisotopic (exact) mass is 354 g/mol. The molecule has 0 fully saturated rings. The lowest BCUT2D eigenvalue weighted by molar-refractivity contribution is 0.217. The van der Waals surface area contributed by atoms with Crippen molar-refractivity contribution in [3.05, 3.63) is 34.3 Å². The summed E-state index contributed by atoms with van der Waals surface area (Å²) in [5.74, 6) is 0. The van der Waals surface area contributed by atoms with E-state index in [1.165, 1.54) is 24.8 Å². The zero-order valence-electron chi connectivity index (χ0n) is 14.0. The molecule has 21 heavy (non-hydrogen) atoms. The van der Waals surface area contributed by atoms with E-state index in [-0.39, 0.29) is 0 Å². The normalized spacial score (nSPS) is 13.1. The molecule has 1 N–H and O–H groups in total. The van der Waals surface area contributed by atoms with Crippen molar-refractivity contribution < 1.29 is 0 Å². The molecule has 0 saturated heterocycles. The fraction of sp³-hybridized carbons (Fsp3) is 0.667. The van der Waals surface area contributed by atoms with E-state index in [2.05, 4.69) is 78.2 Å². The summed E-state index contributed by atoms with van der Waals surface area (Å²) in [6, 6.07) is 9.85. The van der Waals surface area contributed by atoms with Crippen LogP contribution in [0.3, 0.4) is 0 Å². The smallest absolute Gasteiger partial charge is 0.0332 e. The zero-order chi connectivity index (χ0) is 15.7. The molecule has 1 unspecified atom stereocenters. The predicted molar refractivity (Wildman–Crippen MR) is 96.8 cm³/mol. The van der Waals surface area contributed by atoms with Crippen LogP contribution in [0, 0.1) is 0 Å². The number of halogens is 1. The first-order valence-electron chi connectivity index (χ1n) is 8.31. The summed E-state index contributed by atoms with van der Waals surface area (Å²) < 4.78 is 1.16. The first kappa shape index (κ1) is 18.7. The Labute approximate surface area is 139 Å². The Morgan fingerprint density at radius 3 is 2.48 bits per heavy atom. The molecular weight excluding hydrogens is 324 g/mol. The van der Waals surface area contributed by atoms with Crippen LogP contribution in [0.25, 0.3) is 0 Å². The summed E-state index contributed by atoms with van der Waals surface area (Å²) in [6.45, 7) is 9.00. The Morgan fingerprint density at radius 1 is 1.19 bits per heavy atom. The largest absolute Gasteiger partial charge is 0.310 e. The molecule has 1 aromatic carbocycles. The molecule has 0 aromatic heterocycles. The van der Waals surface area contributed by atoms with Crippen LogP contribution >= 0.6 is 15.9 Å². The minimum absolute atomic E-state index is 0.444. The minimum Gasteiger partial charge on any atom is -0.310 e. The summed E-state index contributed by atoms with van der Waals surface area (Å²) in [5.41, 5.74) is 1.38. The van der Waals surface area contributed by atoms with E-state index in [1.54, 1.807) is 0 Å². The standard InChI is InChI=1S/C18H31BrN2/c1-5-12-20-18(15-9-8-10-16(19)14-15)11-13-21(4)17(6-2)7-3/h8-10,14,17-18,20H,5-7,11-13H2,1-4H3. The number of nitrogens with one attached hydrogen (secondary N) is 1. The lowest BCUT2D eigenvalue weighted by Gasteiger charge is -2.28. The van der Waals surface area contributed by atoms with Crippen LogP contribution in [-0.2, 0) is 0 Å². The van der Waals surface area contributed by atoms with Crippen molar-refractivity contribution in [3.63, 3.8) is 0 Å². The van der Waals surface area contributed by atoms with Gasteiger partial charge in [-0.05, 0) is 63.5 Å². The molecular formula is C18H31BrN2. The van der Waals surface area contributed by atoms with Crippen LogP contribution in [-0.4, -0.2) is 31.1 Å². The highest BCUT2D eigenvalue weighted by molar-refractivity contribution is 9.10. The Morgan fingerprint density at radius 2 is 1.90 bits per heavy atom. The van der Waals surface area contributed by atoms with Crippen LogP contribution in [0.15, 0.2) is 28.7 Å². The van der Waals surface area contributed by atoms with Crippen molar-refractivity contribution in [3.8, 4) is 0 Å². The molecule has 0 heterocycles. The Kier molecular flexibility index (Phi) is 9.21. The van der Waals surface area contributed by atoms with Gasteiger partial charge in [-0.3, -0.25) is 0 Å². The average molecular weight is 355 g/mol. The summed E-state index contributed by atoms with van der Waals surface area (Å²) in [7, 11) is 2.26. The van der Waals surface area contributed by atoms with Gasteiger partial charge in [-0.1, -0.05) is 48.8 Å². The van der Waals surface area contributed by atoms with E-state index in [0.717, 1.165) is 24.0 Å². The van der Waals surface area contributed by atoms with Crippen molar-refractivity contribution in [2.75, 3.05) is 20.1 Å². The first-order valence-corrected chi connectivity index (χ1v) is 9.10. The molecule has 3 heteroatoms. The van der Waals surface area contributed by atoms with Gasteiger partial charge in [0.1, 0.15) is 0 Å². The quantitative estimate of drug-likeness (QED) is 0.635. The van der Waals surface area contributed by atoms with Crippen LogP contribution < -0.4 is 5.32 Å². The summed E-state index contributed by atoms with van der Waals surface area (Å²) >= 11 is 3.59. The second-order valence-electron chi connectivity index (χ2n) is 5.80. The molecule has 0 amide bonds. The molecule has 0 spiro atoms. The molecule has 1 atom stereocenters. The fourth-order valence-corrected chi connectivity index (χ4v) is 3.27. The first-order chi connectivity index (χ1) is 10.1. The second kappa shape index (κ2) is 10.4. The number of nitrogens with zero attached hydrogens (tertiary/aromatic N) is 1. The number of benzene rings is 1. The number of hydrogen-bond acceptors (Lipinski definition) is 2. The molecule has 0 bridgehead atoms. The van der Waals surface area contributed by atoms with Gasteiger partial charge in [0.2, 0.25) is 0 Å². The fourth-order valence-electron chi connectivity index (χ4n) is 2.86. The molecule has 0 saturated carbocycles. The van der Waals surface area contributed by atoms with Gasteiger partial charge in [-0.15, -0.1) is 0 Å². The van der Waals surface area contributed by atoms with Crippen molar-refractivity contribution in [1.82, 2.24) is 10.2 Å². The highest BCUT2D eigenvalue weighted by Gasteiger charge is 2.15. The summed E-state index contributed by atoms with van der Waals surface area (Å²) in [4.78, 5) is 2.51. The maximum absolute atomic E-state index is 3.70. The average Bonchev–Trinajstić information content (AvgIpc) is 2.48. The highest BCUT2D eigenvalue weighted by Crippen LogP contribution is 2.22. The van der Waals surface area contributed by atoms with Gasteiger partial charge < -0.3 is 10.2 Å². The summed E-state index contributed by atoms with van der Waals surface area (Å²) in [6.07, 6.45) is 4.80. The van der Waals surface area contributed by atoms with Crippen molar-refractivity contribution in [2.24, 2.45) is 0 Å². The third-order valence-electron chi connectivity index (χ3n) is 4.23. The third kappa shape index (κ3) is 6.50. The highest BCUT2D eigenvalue weighted by atomic mass is 79.9. The molecule has 1 aromatic rings. The molecule has 0 aliphatic carbocycles. The SMILES string of the molecule is CCCNC(CCN(C)C(CC)CC)c1cccc(Br)c1. The van der Waals surface area contributed by atoms with Crippen LogP contribution in [0.5, 0.6) is 0 Å². The molecule has 0 aliphatic heterocycles. The van der Waals surface area contributed by atoms with E-state index < -0.39 is 0 Å². The van der Waals surface area contributed by atoms with Crippen molar-refractivity contribution in [1.29, 1.82) is 0 Å². The van der Waals surface area contributed by atoms with E-state index in [0.29, 0.717) is 12.1 Å². The topological polar surface area (TPSA) is 15.3 Å². The minimum atomic E-state index is 0.444. The molecule has 2 nitrogen and oxygen atoms in total. The Balaban J connectivity index is 2.66. The second-order valence-corrected chi connectivity index (χ2v) is 6.72. The van der Waals surface area contributed by atoms with Gasteiger partial charge in [0.25, 0.3) is 0 Å². The van der Waals surface area contributed by atoms with Crippen LogP contribution in [0.2, 0.25) is 0 Å². The van der Waals surface area contributed by atoms with Gasteiger partial charge in [-0.2, -0.15) is 0 Å². The van der Waals surface area contributed by atoms with Crippen molar-refractivity contribution in [2.45, 2.75) is 58.5 Å². The van der Waals surface area contributed by atoms with Crippen LogP contribution in [0.1, 0.15) is 58.1 Å². The molecule has 1 rings (SSSR count). The maximum atomic E-state index is 3.70. The van der Waals surface area contributed by atoms with E-state index >= 15 is 0 Å². The van der Waals surface area contributed by atoms with Gasteiger partial charge >= 0.3 is 0 Å². The zero-order valence-corrected chi connectivity index (χ0v) is 15.6. The molecule has 0 radical (unpaired) electrons. The Bertz CT molecular complexity index is 391. The third-order valence-corrected chi connectivity index (χ3v) is 4.72. The number of rotatable bonds is 10. The number of hydrogen-bond donors (Lipinski definition) is 1. The van der Waals surface area contributed by atoms with Gasteiger partial charge in [0.15, 0.2) is 0 Å². The molecule has 120 valence electrons. The Hall–Kier alpha value is -0.380.